The van der Waals surface area contributed by atoms with Crippen molar-refractivity contribution in [3.8, 4) is 0 Å². The summed E-state index contributed by atoms with van der Waals surface area (Å²) in [7, 11) is 0. The summed E-state index contributed by atoms with van der Waals surface area (Å²) in [6.07, 6.45) is 2.98. The molecule has 13 heavy (non-hydrogen) atoms. The summed E-state index contributed by atoms with van der Waals surface area (Å²) in [4.78, 5) is 0. The molecule has 2 heteroatoms. The lowest BCUT2D eigenvalue weighted by molar-refractivity contribution is 0.00899. The van der Waals surface area contributed by atoms with Gasteiger partial charge in [-0.15, -0.1) is 6.58 Å². The zero-order valence-corrected chi connectivity index (χ0v) is 9.17. The summed E-state index contributed by atoms with van der Waals surface area (Å²) in [6, 6.07) is 0. The third kappa shape index (κ3) is 5.06. The van der Waals surface area contributed by atoms with E-state index in [1.54, 1.807) is 26.8 Å². The maximum atomic E-state index is 9.65. The van der Waals surface area contributed by atoms with Gasteiger partial charge >= 0.3 is 0 Å². The van der Waals surface area contributed by atoms with Crippen LogP contribution in [0.15, 0.2) is 12.7 Å². The highest BCUT2D eigenvalue weighted by Crippen LogP contribution is 2.24. The van der Waals surface area contributed by atoms with Crippen molar-refractivity contribution >= 4 is 0 Å². The molecule has 0 saturated carbocycles. The summed E-state index contributed by atoms with van der Waals surface area (Å²) in [5.74, 6) is 0.180. The van der Waals surface area contributed by atoms with Crippen LogP contribution in [0.4, 0.5) is 0 Å². The molecular weight excluding hydrogens is 164 g/mol. The highest BCUT2D eigenvalue weighted by molar-refractivity contribution is 4.92. The number of aliphatic hydroxyl groups is 2. The molecule has 0 amide bonds. The van der Waals surface area contributed by atoms with E-state index in [1.807, 2.05) is 6.92 Å². The Bertz CT molecular complexity index is 165. The van der Waals surface area contributed by atoms with Crippen molar-refractivity contribution in [1.82, 2.24) is 0 Å². The van der Waals surface area contributed by atoms with Gasteiger partial charge in [-0.2, -0.15) is 0 Å². The van der Waals surface area contributed by atoms with Crippen molar-refractivity contribution in [3.63, 3.8) is 0 Å². The Kier molecular flexibility index (Phi) is 4.14. The van der Waals surface area contributed by atoms with Gasteiger partial charge in [0.15, 0.2) is 0 Å². The molecule has 0 radical (unpaired) electrons. The molecule has 0 spiro atoms. The first-order valence-corrected chi connectivity index (χ1v) is 4.77. The molecule has 0 unspecified atom stereocenters. The van der Waals surface area contributed by atoms with Crippen LogP contribution in [0.2, 0.25) is 0 Å². The first kappa shape index (κ1) is 12.7. The van der Waals surface area contributed by atoms with Gasteiger partial charge in [0.05, 0.1) is 11.2 Å². The van der Waals surface area contributed by atoms with E-state index in [0.29, 0.717) is 6.42 Å². The summed E-state index contributed by atoms with van der Waals surface area (Å²) in [6.45, 7) is 10.9. The second kappa shape index (κ2) is 4.25. The van der Waals surface area contributed by atoms with Gasteiger partial charge in [0.1, 0.15) is 0 Å². The summed E-state index contributed by atoms with van der Waals surface area (Å²) in [5.41, 5.74) is -1.48. The molecule has 0 heterocycles. The average Bonchev–Trinajstić information content (AvgIpc) is 1.98. The zero-order chi connectivity index (χ0) is 10.7. The van der Waals surface area contributed by atoms with Gasteiger partial charge in [-0.3, -0.25) is 0 Å². The first-order valence-electron chi connectivity index (χ1n) is 4.77. The van der Waals surface area contributed by atoms with E-state index in [0.717, 1.165) is 6.42 Å². The molecule has 0 fully saturated rings. The zero-order valence-electron chi connectivity index (χ0n) is 9.17. The molecule has 2 atom stereocenters. The van der Waals surface area contributed by atoms with Crippen LogP contribution in [0.3, 0.4) is 0 Å². The third-order valence-electron chi connectivity index (χ3n) is 2.73. The Morgan fingerprint density at radius 2 is 1.77 bits per heavy atom. The van der Waals surface area contributed by atoms with E-state index in [1.165, 1.54) is 0 Å². The molecule has 0 aliphatic heterocycles. The summed E-state index contributed by atoms with van der Waals surface area (Å²) >= 11 is 0. The monoisotopic (exact) mass is 186 g/mol. The minimum atomic E-state index is -0.806. The number of rotatable bonds is 5. The van der Waals surface area contributed by atoms with Crippen molar-refractivity contribution in [2.24, 2.45) is 5.92 Å². The minimum absolute atomic E-state index is 0.180. The molecule has 0 aromatic rings. The normalized spacial score (nSPS) is 19.2. The lowest BCUT2D eigenvalue weighted by Crippen LogP contribution is -2.31. The van der Waals surface area contributed by atoms with Crippen LogP contribution in [0, 0.1) is 5.92 Å². The molecule has 78 valence electrons. The van der Waals surface area contributed by atoms with Crippen LogP contribution in [0.5, 0.6) is 0 Å². The Balaban J connectivity index is 3.97. The van der Waals surface area contributed by atoms with Gasteiger partial charge in [-0.05, 0) is 39.5 Å². The van der Waals surface area contributed by atoms with Gasteiger partial charge < -0.3 is 10.2 Å². The van der Waals surface area contributed by atoms with Gasteiger partial charge in [-0.25, -0.2) is 0 Å². The molecule has 2 N–H and O–H groups in total. The summed E-state index contributed by atoms with van der Waals surface area (Å²) in [5, 5.41) is 19.3. The van der Waals surface area contributed by atoms with Crippen LogP contribution in [0.25, 0.3) is 0 Å². The lowest BCUT2D eigenvalue weighted by atomic mass is 9.85. The standard InChI is InChI=1S/C11H22O2/c1-6-11(5,13)8-7-9(2)10(3,4)12/h6,9,12-13H,1,7-8H2,2-5H3/t9-,11+/m0/s1. The van der Waals surface area contributed by atoms with E-state index in [4.69, 9.17) is 0 Å². The highest BCUT2D eigenvalue weighted by atomic mass is 16.3. The van der Waals surface area contributed by atoms with Crippen LogP contribution < -0.4 is 0 Å². The predicted molar refractivity (Wildman–Crippen MR) is 55.5 cm³/mol. The van der Waals surface area contributed by atoms with Crippen molar-refractivity contribution in [2.75, 3.05) is 0 Å². The second-order valence-electron chi connectivity index (χ2n) is 4.65. The van der Waals surface area contributed by atoms with Crippen LogP contribution >= 0.6 is 0 Å². The summed E-state index contributed by atoms with van der Waals surface area (Å²) < 4.78 is 0. The van der Waals surface area contributed by atoms with Gasteiger partial charge in [0.2, 0.25) is 0 Å². The fourth-order valence-electron chi connectivity index (χ4n) is 0.964. The fraction of sp³-hybridized carbons (Fsp3) is 0.818. The Morgan fingerprint density at radius 3 is 2.08 bits per heavy atom. The van der Waals surface area contributed by atoms with E-state index >= 15 is 0 Å². The smallest absolute Gasteiger partial charge is 0.0797 e. The quantitative estimate of drug-likeness (QED) is 0.646. The molecular formula is C11H22O2. The molecule has 0 rings (SSSR count). The van der Waals surface area contributed by atoms with Crippen molar-refractivity contribution in [1.29, 1.82) is 0 Å². The van der Waals surface area contributed by atoms with Crippen LogP contribution in [-0.4, -0.2) is 21.4 Å². The predicted octanol–water partition coefficient (Wildman–Crippen LogP) is 2.11. The van der Waals surface area contributed by atoms with Crippen molar-refractivity contribution in [3.05, 3.63) is 12.7 Å². The average molecular weight is 186 g/mol. The Labute approximate surface area is 81.3 Å². The molecule has 0 saturated heterocycles. The van der Waals surface area contributed by atoms with Gasteiger partial charge in [0.25, 0.3) is 0 Å². The van der Waals surface area contributed by atoms with Crippen LogP contribution in [0.1, 0.15) is 40.5 Å². The topological polar surface area (TPSA) is 40.5 Å². The van der Waals surface area contributed by atoms with Gasteiger partial charge in [-0.1, -0.05) is 13.0 Å². The maximum Gasteiger partial charge on any atom is 0.0797 e. The van der Waals surface area contributed by atoms with E-state index in [2.05, 4.69) is 6.58 Å². The van der Waals surface area contributed by atoms with E-state index in [-0.39, 0.29) is 5.92 Å². The first-order chi connectivity index (χ1) is 5.69. The van der Waals surface area contributed by atoms with Crippen molar-refractivity contribution < 1.29 is 10.2 Å². The Morgan fingerprint density at radius 1 is 1.31 bits per heavy atom. The van der Waals surface area contributed by atoms with Gasteiger partial charge in [0, 0.05) is 0 Å². The number of hydrogen-bond acceptors (Lipinski definition) is 2. The molecule has 0 aliphatic rings. The molecule has 0 aromatic heterocycles. The maximum absolute atomic E-state index is 9.65. The van der Waals surface area contributed by atoms with E-state index in [9.17, 15) is 10.2 Å². The largest absolute Gasteiger partial charge is 0.390 e. The third-order valence-corrected chi connectivity index (χ3v) is 2.73. The molecule has 2 nitrogen and oxygen atoms in total. The fourth-order valence-corrected chi connectivity index (χ4v) is 0.964. The molecule has 0 aromatic carbocycles. The van der Waals surface area contributed by atoms with Crippen molar-refractivity contribution in [2.45, 2.75) is 51.7 Å². The lowest BCUT2D eigenvalue weighted by Gasteiger charge is -2.28. The second-order valence-corrected chi connectivity index (χ2v) is 4.65. The van der Waals surface area contributed by atoms with Crippen LogP contribution in [-0.2, 0) is 0 Å². The molecule has 0 aliphatic carbocycles. The highest BCUT2D eigenvalue weighted by Gasteiger charge is 2.25. The van der Waals surface area contributed by atoms with E-state index < -0.39 is 11.2 Å². The SMILES string of the molecule is C=C[C@@](C)(O)CC[C@H](C)C(C)(C)O. The number of hydrogen-bond donors (Lipinski definition) is 2. The molecule has 0 bridgehead atoms. The Hall–Kier alpha value is -0.340. The minimum Gasteiger partial charge on any atom is -0.390 e.